The van der Waals surface area contributed by atoms with E-state index in [1.165, 1.54) is 0 Å². The number of aromatic nitrogens is 2. The SMILES string of the molecule is CCCc1nnsc1C(=O)N(C)c1cccc(C(N)=S)c1. The highest BCUT2D eigenvalue weighted by molar-refractivity contribution is 7.80. The molecule has 0 aliphatic heterocycles. The van der Waals surface area contributed by atoms with Crippen LogP contribution in [0, 0.1) is 0 Å². The lowest BCUT2D eigenvalue weighted by Crippen LogP contribution is -2.26. The fourth-order valence-electron chi connectivity index (χ4n) is 1.91. The maximum atomic E-state index is 12.6. The number of nitrogens with zero attached hydrogens (tertiary/aromatic N) is 3. The number of nitrogens with two attached hydrogens (primary N) is 1. The highest BCUT2D eigenvalue weighted by Crippen LogP contribution is 2.21. The Kier molecular flexibility index (Phi) is 4.98. The standard InChI is InChI=1S/C14H16N4OS2/c1-3-5-11-12(21-17-16-11)14(19)18(2)10-7-4-6-9(8-10)13(15)20/h4,6-8H,3,5H2,1-2H3,(H2,15,20). The van der Waals surface area contributed by atoms with Crippen molar-refractivity contribution in [2.24, 2.45) is 5.73 Å². The molecule has 0 fully saturated rings. The van der Waals surface area contributed by atoms with Crippen LogP contribution in [-0.4, -0.2) is 27.5 Å². The van der Waals surface area contributed by atoms with E-state index < -0.39 is 0 Å². The Hall–Kier alpha value is -1.86. The lowest BCUT2D eigenvalue weighted by molar-refractivity contribution is 0.0996. The summed E-state index contributed by atoms with van der Waals surface area (Å²) in [7, 11) is 1.72. The minimum atomic E-state index is -0.117. The van der Waals surface area contributed by atoms with E-state index in [9.17, 15) is 4.79 Å². The predicted octanol–water partition coefficient (Wildman–Crippen LogP) is 2.40. The zero-order valence-corrected chi connectivity index (χ0v) is 13.5. The van der Waals surface area contributed by atoms with Crippen LogP contribution in [0.5, 0.6) is 0 Å². The summed E-state index contributed by atoms with van der Waals surface area (Å²) < 4.78 is 3.89. The Balaban J connectivity index is 2.28. The molecule has 0 saturated heterocycles. The molecule has 2 N–H and O–H groups in total. The molecule has 1 aromatic carbocycles. The summed E-state index contributed by atoms with van der Waals surface area (Å²) in [5.74, 6) is -0.117. The number of carbonyl (C=O) groups excluding carboxylic acids is 1. The molecule has 7 heteroatoms. The maximum Gasteiger partial charge on any atom is 0.271 e. The van der Waals surface area contributed by atoms with E-state index >= 15 is 0 Å². The summed E-state index contributed by atoms with van der Waals surface area (Å²) in [6, 6.07) is 7.29. The third kappa shape index (κ3) is 3.43. The molecule has 0 radical (unpaired) electrons. The summed E-state index contributed by atoms with van der Waals surface area (Å²) in [6.45, 7) is 2.04. The van der Waals surface area contributed by atoms with Gasteiger partial charge in [-0.3, -0.25) is 4.79 Å². The van der Waals surface area contributed by atoms with Crippen LogP contribution in [0.15, 0.2) is 24.3 Å². The Morgan fingerprint density at radius 1 is 1.48 bits per heavy atom. The van der Waals surface area contributed by atoms with Gasteiger partial charge in [-0.05, 0) is 30.1 Å². The van der Waals surface area contributed by atoms with Crippen molar-refractivity contribution >= 4 is 40.3 Å². The van der Waals surface area contributed by atoms with Gasteiger partial charge >= 0.3 is 0 Å². The van der Waals surface area contributed by atoms with E-state index in [2.05, 4.69) is 9.59 Å². The van der Waals surface area contributed by atoms with Crippen LogP contribution < -0.4 is 10.6 Å². The van der Waals surface area contributed by atoms with E-state index in [0.717, 1.165) is 41.3 Å². The van der Waals surface area contributed by atoms with E-state index in [0.29, 0.717) is 9.87 Å². The molecule has 0 unspecified atom stereocenters. The third-order valence-electron chi connectivity index (χ3n) is 3.06. The minimum absolute atomic E-state index is 0.117. The van der Waals surface area contributed by atoms with Crippen LogP contribution in [0.3, 0.4) is 0 Å². The molecule has 1 amide bonds. The maximum absolute atomic E-state index is 12.6. The first-order valence-electron chi connectivity index (χ1n) is 6.53. The van der Waals surface area contributed by atoms with Gasteiger partial charge in [0.1, 0.15) is 9.87 Å². The summed E-state index contributed by atoms with van der Waals surface area (Å²) in [5.41, 5.74) is 7.85. The van der Waals surface area contributed by atoms with Crippen LogP contribution in [0.25, 0.3) is 0 Å². The Morgan fingerprint density at radius 3 is 2.90 bits per heavy atom. The van der Waals surface area contributed by atoms with Gasteiger partial charge in [0.15, 0.2) is 0 Å². The fraction of sp³-hybridized carbons (Fsp3) is 0.286. The summed E-state index contributed by atoms with van der Waals surface area (Å²) in [4.78, 5) is 15.0. The molecule has 2 rings (SSSR count). The van der Waals surface area contributed by atoms with Gasteiger partial charge in [0.25, 0.3) is 5.91 Å². The normalized spacial score (nSPS) is 10.4. The topological polar surface area (TPSA) is 72.1 Å². The number of hydrogen-bond acceptors (Lipinski definition) is 5. The first-order chi connectivity index (χ1) is 10.0. The number of anilines is 1. The summed E-state index contributed by atoms with van der Waals surface area (Å²) >= 11 is 6.09. The monoisotopic (exact) mass is 320 g/mol. The van der Waals surface area contributed by atoms with Crippen molar-refractivity contribution in [1.29, 1.82) is 0 Å². The lowest BCUT2D eigenvalue weighted by atomic mass is 10.1. The molecule has 0 spiro atoms. The Labute approximate surface area is 132 Å². The highest BCUT2D eigenvalue weighted by Gasteiger charge is 2.20. The molecule has 1 heterocycles. The summed E-state index contributed by atoms with van der Waals surface area (Å²) in [6.07, 6.45) is 1.67. The molecule has 0 atom stereocenters. The number of carbonyl (C=O) groups is 1. The van der Waals surface area contributed by atoms with Gasteiger partial charge in [-0.25, -0.2) is 0 Å². The van der Waals surface area contributed by atoms with Gasteiger partial charge < -0.3 is 10.6 Å². The Morgan fingerprint density at radius 2 is 2.24 bits per heavy atom. The number of benzene rings is 1. The second-order valence-corrected chi connectivity index (χ2v) is 5.77. The predicted molar refractivity (Wildman–Crippen MR) is 89.0 cm³/mol. The first-order valence-corrected chi connectivity index (χ1v) is 7.72. The second-order valence-electron chi connectivity index (χ2n) is 4.58. The number of aryl methyl sites for hydroxylation is 1. The molecule has 0 bridgehead atoms. The van der Waals surface area contributed by atoms with Crippen molar-refractivity contribution in [2.75, 3.05) is 11.9 Å². The largest absolute Gasteiger partial charge is 0.389 e. The lowest BCUT2D eigenvalue weighted by Gasteiger charge is -2.17. The second kappa shape index (κ2) is 6.73. The molecule has 0 aliphatic rings. The van der Waals surface area contributed by atoms with Gasteiger partial charge in [0.05, 0.1) is 5.69 Å². The number of rotatable bonds is 5. The van der Waals surface area contributed by atoms with Crippen LogP contribution in [0.4, 0.5) is 5.69 Å². The zero-order chi connectivity index (χ0) is 15.4. The number of hydrogen-bond donors (Lipinski definition) is 1. The van der Waals surface area contributed by atoms with Crippen molar-refractivity contribution in [3.63, 3.8) is 0 Å². The molecule has 0 aliphatic carbocycles. The fourth-order valence-corrected chi connectivity index (χ4v) is 2.72. The van der Waals surface area contributed by atoms with E-state index in [1.807, 2.05) is 25.1 Å². The first kappa shape index (κ1) is 15.5. The van der Waals surface area contributed by atoms with Gasteiger partial charge in [-0.1, -0.05) is 42.2 Å². The van der Waals surface area contributed by atoms with Gasteiger partial charge in [0.2, 0.25) is 0 Å². The molecule has 0 saturated carbocycles. The van der Waals surface area contributed by atoms with Crippen LogP contribution in [0.1, 0.15) is 34.3 Å². The molecular weight excluding hydrogens is 304 g/mol. The molecule has 21 heavy (non-hydrogen) atoms. The van der Waals surface area contributed by atoms with E-state index in [4.69, 9.17) is 18.0 Å². The zero-order valence-electron chi connectivity index (χ0n) is 11.9. The number of thiocarbonyl (C=S) groups is 1. The van der Waals surface area contributed by atoms with Crippen molar-refractivity contribution in [2.45, 2.75) is 19.8 Å². The summed E-state index contributed by atoms with van der Waals surface area (Å²) in [5, 5.41) is 4.03. The van der Waals surface area contributed by atoms with E-state index in [-0.39, 0.29) is 5.91 Å². The average Bonchev–Trinajstić information content (AvgIpc) is 2.94. The van der Waals surface area contributed by atoms with Crippen molar-refractivity contribution in [3.05, 3.63) is 40.4 Å². The quantitative estimate of drug-likeness (QED) is 0.857. The molecule has 5 nitrogen and oxygen atoms in total. The van der Waals surface area contributed by atoms with Gasteiger partial charge in [-0.15, -0.1) is 5.10 Å². The molecular formula is C14H16N4OS2. The molecule has 2 aromatic rings. The Bertz CT molecular complexity index is 668. The van der Waals surface area contributed by atoms with E-state index in [1.54, 1.807) is 18.0 Å². The highest BCUT2D eigenvalue weighted by atomic mass is 32.1. The van der Waals surface area contributed by atoms with Gasteiger partial charge in [0, 0.05) is 18.3 Å². The third-order valence-corrected chi connectivity index (χ3v) is 4.05. The molecule has 1 aromatic heterocycles. The molecule has 110 valence electrons. The van der Waals surface area contributed by atoms with Crippen LogP contribution in [-0.2, 0) is 6.42 Å². The number of amides is 1. The van der Waals surface area contributed by atoms with Crippen LogP contribution in [0.2, 0.25) is 0 Å². The smallest absolute Gasteiger partial charge is 0.271 e. The van der Waals surface area contributed by atoms with Gasteiger partial charge in [-0.2, -0.15) is 0 Å². The average molecular weight is 320 g/mol. The van der Waals surface area contributed by atoms with Crippen molar-refractivity contribution in [3.8, 4) is 0 Å². The van der Waals surface area contributed by atoms with Crippen LogP contribution >= 0.6 is 23.8 Å². The van der Waals surface area contributed by atoms with Crippen molar-refractivity contribution < 1.29 is 4.79 Å². The minimum Gasteiger partial charge on any atom is -0.389 e. The van der Waals surface area contributed by atoms with Crippen molar-refractivity contribution in [1.82, 2.24) is 9.59 Å².